The Bertz CT molecular complexity index is 1360. The van der Waals surface area contributed by atoms with Gasteiger partial charge in [0, 0.05) is 28.8 Å². The maximum atomic E-state index is 13.9. The summed E-state index contributed by atoms with van der Waals surface area (Å²) in [6, 6.07) is 20.0. The van der Waals surface area contributed by atoms with Crippen LogP contribution in [0, 0.1) is 19.8 Å². The standard InChI is InChI=1S/C32H37N3O3S/c1-5-38-31(37)24-15-17-27(18-16-24)34-22(3)19-25(23(34)4)20-29-30(36)35(28-14-10-9-11-21(28)2)32(39-29)33-26-12-7-6-8-13-26/h6-8,12-13,15-21,28,32-33H,5,9-11,14H2,1-4H3/b29-20-/t21-,28+,32?/m1/s1. The number of aryl methyl sites for hydroxylation is 1. The van der Waals surface area contributed by atoms with Gasteiger partial charge in [-0.25, -0.2) is 4.79 Å². The van der Waals surface area contributed by atoms with Gasteiger partial charge in [0.15, 0.2) is 5.50 Å². The maximum absolute atomic E-state index is 13.9. The molecule has 39 heavy (non-hydrogen) atoms. The first-order chi connectivity index (χ1) is 18.9. The van der Waals surface area contributed by atoms with Crippen molar-refractivity contribution in [3.63, 3.8) is 0 Å². The van der Waals surface area contributed by atoms with Crippen LogP contribution in [0.4, 0.5) is 5.69 Å². The molecule has 2 fully saturated rings. The van der Waals surface area contributed by atoms with E-state index in [9.17, 15) is 9.59 Å². The molecule has 204 valence electrons. The number of carbonyl (C=O) groups excluding carboxylic acids is 2. The number of ether oxygens (including phenoxy) is 1. The van der Waals surface area contributed by atoms with Crippen LogP contribution in [-0.4, -0.2) is 39.5 Å². The summed E-state index contributed by atoms with van der Waals surface area (Å²) in [5.74, 6) is 0.267. The first-order valence-electron chi connectivity index (χ1n) is 13.9. The molecule has 7 heteroatoms. The third-order valence-corrected chi connectivity index (χ3v) is 8.93. The monoisotopic (exact) mass is 543 g/mol. The number of benzene rings is 2. The van der Waals surface area contributed by atoms with Crippen molar-refractivity contribution in [2.75, 3.05) is 11.9 Å². The summed E-state index contributed by atoms with van der Waals surface area (Å²) in [5, 5.41) is 3.62. The predicted molar refractivity (Wildman–Crippen MR) is 159 cm³/mol. The molecular weight excluding hydrogens is 506 g/mol. The van der Waals surface area contributed by atoms with Crippen molar-refractivity contribution >= 4 is 35.4 Å². The number of para-hydroxylation sites is 1. The Kier molecular flexibility index (Phi) is 8.17. The highest BCUT2D eigenvalue weighted by Gasteiger charge is 2.43. The number of esters is 1. The van der Waals surface area contributed by atoms with Crippen molar-refractivity contribution < 1.29 is 14.3 Å². The first-order valence-corrected chi connectivity index (χ1v) is 14.7. The number of amides is 1. The van der Waals surface area contributed by atoms with E-state index in [0.29, 0.717) is 18.1 Å². The molecule has 1 unspecified atom stereocenters. The van der Waals surface area contributed by atoms with Crippen molar-refractivity contribution in [2.45, 2.75) is 64.9 Å². The number of thioether (sulfide) groups is 1. The van der Waals surface area contributed by atoms with Crippen LogP contribution in [0.3, 0.4) is 0 Å². The number of carbonyl (C=O) groups is 2. The Morgan fingerprint density at radius 1 is 1.08 bits per heavy atom. The van der Waals surface area contributed by atoms with Crippen molar-refractivity contribution in [2.24, 2.45) is 5.92 Å². The Morgan fingerprint density at radius 3 is 2.49 bits per heavy atom. The molecule has 3 aromatic rings. The molecule has 0 radical (unpaired) electrons. The number of aromatic nitrogens is 1. The molecule has 1 aromatic heterocycles. The Hall–Kier alpha value is -3.45. The van der Waals surface area contributed by atoms with Crippen LogP contribution >= 0.6 is 11.8 Å². The molecule has 1 amide bonds. The van der Waals surface area contributed by atoms with Gasteiger partial charge in [-0.2, -0.15) is 0 Å². The van der Waals surface area contributed by atoms with E-state index < -0.39 is 0 Å². The smallest absolute Gasteiger partial charge is 0.338 e. The van der Waals surface area contributed by atoms with Gasteiger partial charge in [-0.05, 0) is 93.6 Å². The molecule has 2 heterocycles. The van der Waals surface area contributed by atoms with Crippen LogP contribution in [0.2, 0.25) is 0 Å². The minimum absolute atomic E-state index is 0.107. The van der Waals surface area contributed by atoms with E-state index >= 15 is 0 Å². The fraction of sp³-hybridized carbons (Fsp3) is 0.375. The molecule has 1 saturated carbocycles. The molecule has 2 aromatic carbocycles. The van der Waals surface area contributed by atoms with Gasteiger partial charge in [0.2, 0.25) is 0 Å². The Balaban J connectivity index is 1.45. The maximum Gasteiger partial charge on any atom is 0.338 e. The molecule has 6 nitrogen and oxygen atoms in total. The molecule has 3 atom stereocenters. The Labute approximate surface area is 235 Å². The van der Waals surface area contributed by atoms with E-state index in [4.69, 9.17) is 4.74 Å². The fourth-order valence-corrected chi connectivity index (χ4v) is 7.00. The fourth-order valence-electron chi connectivity index (χ4n) is 5.80. The molecule has 2 aliphatic rings. The minimum Gasteiger partial charge on any atom is -0.462 e. The molecule has 5 rings (SSSR count). The largest absolute Gasteiger partial charge is 0.462 e. The molecule has 1 aliphatic heterocycles. The summed E-state index contributed by atoms with van der Waals surface area (Å²) < 4.78 is 7.28. The number of hydrogen-bond acceptors (Lipinski definition) is 5. The van der Waals surface area contributed by atoms with Crippen LogP contribution < -0.4 is 5.32 Å². The van der Waals surface area contributed by atoms with Crippen LogP contribution in [0.5, 0.6) is 0 Å². The molecule has 0 bridgehead atoms. The quantitative estimate of drug-likeness (QED) is 0.253. The van der Waals surface area contributed by atoms with Gasteiger partial charge in [-0.15, -0.1) is 0 Å². The second kappa shape index (κ2) is 11.7. The van der Waals surface area contributed by atoms with Gasteiger partial charge in [0.1, 0.15) is 0 Å². The lowest BCUT2D eigenvalue weighted by atomic mass is 9.85. The lowest BCUT2D eigenvalue weighted by Gasteiger charge is -2.39. The molecule has 0 spiro atoms. The predicted octanol–water partition coefficient (Wildman–Crippen LogP) is 7.16. The molecular formula is C32H37N3O3S. The lowest BCUT2D eigenvalue weighted by molar-refractivity contribution is -0.129. The summed E-state index contributed by atoms with van der Waals surface area (Å²) in [7, 11) is 0. The average molecular weight is 544 g/mol. The SMILES string of the molecule is CCOC(=O)c1ccc(-n2c(C)cc(/C=C3\SC(Nc4ccccc4)N([C@H]4CCCC[C@H]4C)C3=O)c2C)cc1. The van der Waals surface area contributed by atoms with E-state index in [-0.39, 0.29) is 23.4 Å². The van der Waals surface area contributed by atoms with Crippen LogP contribution in [-0.2, 0) is 9.53 Å². The zero-order valence-corrected chi connectivity index (χ0v) is 24.0. The highest BCUT2D eigenvalue weighted by molar-refractivity contribution is 8.05. The van der Waals surface area contributed by atoms with E-state index in [1.807, 2.05) is 36.4 Å². The van der Waals surface area contributed by atoms with Crippen LogP contribution in [0.1, 0.15) is 66.8 Å². The number of nitrogens with zero attached hydrogens (tertiary/aromatic N) is 2. The first kappa shape index (κ1) is 27.1. The summed E-state index contributed by atoms with van der Waals surface area (Å²) in [5.41, 5.74) is 5.51. The zero-order chi connectivity index (χ0) is 27.5. The number of rotatable bonds is 7. The topological polar surface area (TPSA) is 63.6 Å². The van der Waals surface area contributed by atoms with Gasteiger partial charge in [-0.1, -0.05) is 49.7 Å². The molecule has 1 saturated heterocycles. The summed E-state index contributed by atoms with van der Waals surface area (Å²) in [6.45, 7) is 8.57. The number of hydrogen-bond donors (Lipinski definition) is 1. The van der Waals surface area contributed by atoms with E-state index in [1.165, 1.54) is 6.42 Å². The van der Waals surface area contributed by atoms with Crippen molar-refractivity contribution in [3.05, 3.63) is 88.1 Å². The van der Waals surface area contributed by atoms with Crippen LogP contribution in [0.25, 0.3) is 11.8 Å². The Morgan fingerprint density at radius 2 is 1.79 bits per heavy atom. The minimum atomic E-state index is -0.317. The second-order valence-corrected chi connectivity index (χ2v) is 11.6. The third-order valence-electron chi connectivity index (χ3n) is 7.82. The molecule has 1 aliphatic carbocycles. The van der Waals surface area contributed by atoms with Crippen molar-refractivity contribution in [1.29, 1.82) is 0 Å². The van der Waals surface area contributed by atoms with Gasteiger partial charge >= 0.3 is 5.97 Å². The summed E-state index contributed by atoms with van der Waals surface area (Å²) in [4.78, 5) is 28.9. The van der Waals surface area contributed by atoms with Gasteiger partial charge < -0.3 is 19.5 Å². The molecule has 1 N–H and O–H groups in total. The highest BCUT2D eigenvalue weighted by atomic mass is 32.2. The second-order valence-electron chi connectivity index (χ2n) is 10.5. The van der Waals surface area contributed by atoms with Crippen molar-refractivity contribution in [3.8, 4) is 5.69 Å². The zero-order valence-electron chi connectivity index (χ0n) is 23.1. The normalized spacial score (nSPS) is 22.4. The van der Waals surface area contributed by atoms with E-state index in [1.54, 1.807) is 30.8 Å². The summed E-state index contributed by atoms with van der Waals surface area (Å²) in [6.07, 6.45) is 6.65. The summed E-state index contributed by atoms with van der Waals surface area (Å²) >= 11 is 1.61. The van der Waals surface area contributed by atoms with Crippen molar-refractivity contribution in [1.82, 2.24) is 9.47 Å². The number of anilines is 1. The number of nitrogens with one attached hydrogen (secondary N) is 1. The average Bonchev–Trinajstić information content (AvgIpc) is 3.39. The van der Waals surface area contributed by atoms with E-state index in [2.05, 4.69) is 53.8 Å². The third kappa shape index (κ3) is 5.64. The van der Waals surface area contributed by atoms with E-state index in [0.717, 1.165) is 52.5 Å². The highest BCUT2D eigenvalue weighted by Crippen LogP contribution is 2.42. The van der Waals surface area contributed by atoms with Gasteiger partial charge in [0.05, 0.1) is 17.1 Å². The van der Waals surface area contributed by atoms with Crippen LogP contribution in [0.15, 0.2) is 65.6 Å². The van der Waals surface area contributed by atoms with Gasteiger partial charge in [0.25, 0.3) is 5.91 Å². The van der Waals surface area contributed by atoms with Gasteiger partial charge in [-0.3, -0.25) is 4.79 Å². The lowest BCUT2D eigenvalue weighted by Crippen LogP contribution is -2.48.